The van der Waals surface area contributed by atoms with E-state index in [2.05, 4.69) is 5.32 Å². The van der Waals surface area contributed by atoms with Crippen LogP contribution in [0.5, 0.6) is 0 Å². The highest BCUT2D eigenvalue weighted by Gasteiger charge is 2.19. The Labute approximate surface area is 187 Å². The lowest BCUT2D eigenvalue weighted by Gasteiger charge is -2.16. The Morgan fingerprint density at radius 1 is 0.625 bits per heavy atom. The van der Waals surface area contributed by atoms with Crippen molar-refractivity contribution in [3.63, 3.8) is 0 Å². The molecule has 4 heteroatoms. The number of carbonyl (C=O) groups is 2. The maximum atomic E-state index is 12.7. The molecule has 3 N–H and O–H groups in total. The summed E-state index contributed by atoms with van der Waals surface area (Å²) in [6.45, 7) is 0. The summed E-state index contributed by atoms with van der Waals surface area (Å²) in [5, 5.41) is 2.77. The number of nitrogens with two attached hydrogens (primary N) is 1. The van der Waals surface area contributed by atoms with Gasteiger partial charge in [-0.1, -0.05) is 97.1 Å². The minimum absolute atomic E-state index is 0.325. The molecule has 1 atom stereocenters. The van der Waals surface area contributed by atoms with Crippen LogP contribution in [0.2, 0.25) is 0 Å². The maximum Gasteiger partial charge on any atom is 0.251 e. The third kappa shape index (κ3) is 5.10. The Balaban J connectivity index is 1.43. The van der Waals surface area contributed by atoms with E-state index in [1.165, 1.54) is 0 Å². The van der Waals surface area contributed by atoms with E-state index in [1.54, 1.807) is 12.1 Å². The van der Waals surface area contributed by atoms with Gasteiger partial charge in [0.2, 0.25) is 5.91 Å². The van der Waals surface area contributed by atoms with Crippen molar-refractivity contribution in [2.75, 3.05) is 0 Å². The lowest BCUT2D eigenvalue weighted by Crippen LogP contribution is -2.45. The summed E-state index contributed by atoms with van der Waals surface area (Å²) in [5.74, 6) is -0.888. The van der Waals surface area contributed by atoms with Gasteiger partial charge in [0.1, 0.15) is 6.04 Å². The number of primary amides is 1. The van der Waals surface area contributed by atoms with Crippen molar-refractivity contribution in [3.8, 4) is 22.3 Å². The van der Waals surface area contributed by atoms with Gasteiger partial charge in [0.15, 0.2) is 0 Å². The Hall–Kier alpha value is -4.18. The molecule has 4 nitrogen and oxygen atoms in total. The van der Waals surface area contributed by atoms with E-state index >= 15 is 0 Å². The van der Waals surface area contributed by atoms with Gasteiger partial charge in [-0.05, 0) is 39.9 Å². The second-order valence-corrected chi connectivity index (χ2v) is 7.64. The Morgan fingerprint density at radius 2 is 1.06 bits per heavy atom. The first-order valence-corrected chi connectivity index (χ1v) is 10.5. The average Bonchev–Trinajstić information content (AvgIpc) is 2.85. The zero-order chi connectivity index (χ0) is 22.3. The normalized spacial score (nSPS) is 11.5. The van der Waals surface area contributed by atoms with Gasteiger partial charge in [0.25, 0.3) is 5.91 Å². The summed E-state index contributed by atoms with van der Waals surface area (Å²) in [6.07, 6.45) is 0.332. The number of hydrogen-bond donors (Lipinski definition) is 2. The van der Waals surface area contributed by atoms with E-state index in [-0.39, 0.29) is 5.91 Å². The van der Waals surface area contributed by atoms with Gasteiger partial charge < -0.3 is 11.1 Å². The van der Waals surface area contributed by atoms with Crippen LogP contribution in [-0.2, 0) is 11.2 Å². The monoisotopic (exact) mass is 420 g/mol. The second-order valence-electron chi connectivity index (χ2n) is 7.64. The van der Waals surface area contributed by atoms with Gasteiger partial charge in [-0.2, -0.15) is 0 Å². The molecule has 0 aliphatic carbocycles. The molecular weight excluding hydrogens is 396 g/mol. The molecule has 4 rings (SSSR count). The van der Waals surface area contributed by atoms with Crippen molar-refractivity contribution < 1.29 is 9.59 Å². The van der Waals surface area contributed by atoms with E-state index in [4.69, 9.17) is 5.73 Å². The van der Waals surface area contributed by atoms with E-state index in [0.29, 0.717) is 12.0 Å². The Morgan fingerprint density at radius 3 is 1.53 bits per heavy atom. The van der Waals surface area contributed by atoms with E-state index in [1.807, 2.05) is 97.1 Å². The van der Waals surface area contributed by atoms with Crippen LogP contribution < -0.4 is 11.1 Å². The summed E-state index contributed by atoms with van der Waals surface area (Å²) >= 11 is 0. The van der Waals surface area contributed by atoms with E-state index in [0.717, 1.165) is 27.8 Å². The fourth-order valence-corrected chi connectivity index (χ4v) is 3.61. The molecule has 158 valence electrons. The van der Waals surface area contributed by atoms with E-state index < -0.39 is 11.9 Å². The van der Waals surface area contributed by atoms with Crippen LogP contribution in [0.25, 0.3) is 22.3 Å². The molecular formula is C28H24N2O2. The van der Waals surface area contributed by atoms with Gasteiger partial charge in [0.05, 0.1) is 0 Å². The fraction of sp³-hybridized carbons (Fsp3) is 0.0714. The zero-order valence-electron chi connectivity index (χ0n) is 17.6. The van der Waals surface area contributed by atoms with Crippen molar-refractivity contribution in [1.82, 2.24) is 5.32 Å². The lowest BCUT2D eigenvalue weighted by molar-refractivity contribution is -0.119. The minimum atomic E-state index is -0.793. The maximum absolute atomic E-state index is 12.7. The van der Waals surface area contributed by atoms with Crippen LogP contribution in [0.4, 0.5) is 0 Å². The van der Waals surface area contributed by atoms with Crippen molar-refractivity contribution >= 4 is 11.8 Å². The SMILES string of the molecule is NC(=O)[C@@H](Cc1ccc(-c2ccccc2)cc1)NC(=O)c1ccc(-c2ccccc2)cc1. The Bertz CT molecular complexity index is 1190. The molecule has 0 aliphatic heterocycles. The van der Waals surface area contributed by atoms with Gasteiger partial charge >= 0.3 is 0 Å². The van der Waals surface area contributed by atoms with Gasteiger partial charge in [-0.15, -0.1) is 0 Å². The smallest absolute Gasteiger partial charge is 0.251 e. The molecule has 2 amide bonds. The number of benzene rings is 4. The molecule has 0 aliphatic rings. The van der Waals surface area contributed by atoms with Crippen molar-refractivity contribution in [2.45, 2.75) is 12.5 Å². The van der Waals surface area contributed by atoms with Crippen molar-refractivity contribution in [2.24, 2.45) is 5.73 Å². The first-order chi connectivity index (χ1) is 15.6. The van der Waals surface area contributed by atoms with Crippen molar-refractivity contribution in [1.29, 1.82) is 0 Å². The first kappa shape index (κ1) is 21.1. The summed E-state index contributed by atoms with van der Waals surface area (Å²) in [4.78, 5) is 24.7. The largest absolute Gasteiger partial charge is 0.368 e. The summed E-state index contributed by atoms with van der Waals surface area (Å²) < 4.78 is 0. The predicted octanol–water partition coefficient (Wildman–Crippen LogP) is 4.85. The minimum Gasteiger partial charge on any atom is -0.368 e. The van der Waals surface area contributed by atoms with Crippen LogP contribution in [-0.4, -0.2) is 17.9 Å². The highest BCUT2D eigenvalue weighted by Crippen LogP contribution is 2.21. The summed E-state index contributed by atoms with van der Waals surface area (Å²) in [7, 11) is 0. The molecule has 0 fully saturated rings. The molecule has 0 aromatic heterocycles. The fourth-order valence-electron chi connectivity index (χ4n) is 3.61. The van der Waals surface area contributed by atoms with Crippen LogP contribution in [0.3, 0.4) is 0 Å². The van der Waals surface area contributed by atoms with Crippen LogP contribution in [0, 0.1) is 0 Å². The summed E-state index contributed by atoms with van der Waals surface area (Å²) in [6, 6.07) is 34.4. The topological polar surface area (TPSA) is 72.2 Å². The van der Waals surface area contributed by atoms with Gasteiger partial charge in [-0.25, -0.2) is 0 Å². The number of amides is 2. The Kier molecular flexibility index (Phi) is 6.42. The number of hydrogen-bond acceptors (Lipinski definition) is 2. The van der Waals surface area contributed by atoms with Crippen LogP contribution in [0.15, 0.2) is 109 Å². The molecule has 32 heavy (non-hydrogen) atoms. The van der Waals surface area contributed by atoms with Gasteiger partial charge in [0, 0.05) is 12.0 Å². The molecule has 4 aromatic carbocycles. The molecule has 0 bridgehead atoms. The number of rotatable bonds is 7. The van der Waals surface area contributed by atoms with E-state index in [9.17, 15) is 9.59 Å². The molecule has 0 unspecified atom stereocenters. The molecule has 0 saturated heterocycles. The third-order valence-electron chi connectivity index (χ3n) is 5.40. The molecule has 0 saturated carbocycles. The number of carbonyl (C=O) groups excluding carboxylic acids is 2. The van der Waals surface area contributed by atoms with Crippen molar-refractivity contribution in [3.05, 3.63) is 120 Å². The molecule has 0 spiro atoms. The number of nitrogens with one attached hydrogen (secondary N) is 1. The molecule has 4 aromatic rings. The van der Waals surface area contributed by atoms with Crippen LogP contribution >= 0.6 is 0 Å². The first-order valence-electron chi connectivity index (χ1n) is 10.5. The standard InChI is InChI=1S/C28H24N2O2/c29-27(31)26(19-20-11-13-23(14-12-20)21-7-3-1-4-8-21)30-28(32)25-17-15-24(16-18-25)22-9-5-2-6-10-22/h1-18,26H,19H2,(H2,29,31)(H,30,32)/t26-/m1/s1. The zero-order valence-corrected chi connectivity index (χ0v) is 17.6. The quantitative estimate of drug-likeness (QED) is 0.449. The summed E-state index contributed by atoms with van der Waals surface area (Å²) in [5.41, 5.74) is 11.3. The van der Waals surface area contributed by atoms with Gasteiger partial charge in [-0.3, -0.25) is 9.59 Å². The molecule has 0 radical (unpaired) electrons. The molecule has 0 heterocycles. The highest BCUT2D eigenvalue weighted by molar-refractivity contribution is 5.97. The second kappa shape index (κ2) is 9.75. The third-order valence-corrected chi connectivity index (χ3v) is 5.40. The lowest BCUT2D eigenvalue weighted by atomic mass is 10.00. The van der Waals surface area contributed by atoms with Crippen LogP contribution in [0.1, 0.15) is 15.9 Å². The predicted molar refractivity (Wildman–Crippen MR) is 128 cm³/mol. The average molecular weight is 421 g/mol. The highest BCUT2D eigenvalue weighted by atomic mass is 16.2.